The molecule has 1 aromatic heterocycles. The second kappa shape index (κ2) is 5.08. The van der Waals surface area contributed by atoms with Crippen LogP contribution in [0.15, 0.2) is 12.3 Å². The fourth-order valence-electron chi connectivity index (χ4n) is 1.59. The first kappa shape index (κ1) is 14.8. The van der Waals surface area contributed by atoms with Crippen LogP contribution in [-0.2, 0) is 0 Å². The molecule has 0 aliphatic rings. The number of aromatic nitrogens is 1. The number of carboxylic acids is 1. The first-order valence-corrected chi connectivity index (χ1v) is 5.16. The monoisotopic (exact) mass is 307 g/mol. The molecule has 0 bridgehead atoms. The number of hydrogen-bond donors (Lipinski definition) is 1. The van der Waals surface area contributed by atoms with Crippen LogP contribution in [-0.4, -0.2) is 16.1 Å². The first-order valence-electron chi connectivity index (χ1n) is 5.16. The Bertz CT molecular complexity index is 733. The molecule has 110 valence electrons. The van der Waals surface area contributed by atoms with Crippen molar-refractivity contribution < 1.29 is 36.2 Å². The molecule has 2 rings (SSSR count). The second-order valence-corrected chi connectivity index (χ2v) is 3.80. The lowest BCUT2D eigenvalue weighted by Gasteiger charge is -2.08. The van der Waals surface area contributed by atoms with E-state index in [1.165, 1.54) is 0 Å². The summed E-state index contributed by atoms with van der Waals surface area (Å²) in [6.45, 7) is 0. The van der Waals surface area contributed by atoms with Crippen LogP contribution in [0.4, 0.5) is 26.3 Å². The molecule has 1 N–H and O–H groups in total. The predicted molar refractivity (Wildman–Crippen MR) is 56.4 cm³/mol. The Kier molecular flexibility index (Phi) is 3.58. The Hall–Kier alpha value is -2.58. The molecule has 0 radical (unpaired) electrons. The van der Waals surface area contributed by atoms with Crippen LogP contribution in [0.2, 0.25) is 0 Å². The normalized spacial score (nSPS) is 10.8. The summed E-state index contributed by atoms with van der Waals surface area (Å²) in [5.41, 5.74) is -3.23. The molecule has 0 amide bonds. The number of halogens is 6. The van der Waals surface area contributed by atoms with Gasteiger partial charge in [-0.3, -0.25) is 0 Å². The number of carboxylic acid groups (broad SMARTS) is 1. The molecule has 0 atom stereocenters. The summed E-state index contributed by atoms with van der Waals surface area (Å²) in [4.78, 5) is 13.6. The molecule has 0 saturated carbocycles. The molecule has 1 heterocycles. The number of carbonyl (C=O) groups is 1. The van der Waals surface area contributed by atoms with Crippen LogP contribution in [0.1, 0.15) is 10.5 Å². The molecule has 21 heavy (non-hydrogen) atoms. The fourth-order valence-corrected chi connectivity index (χ4v) is 1.59. The average molecular weight is 307 g/mol. The van der Waals surface area contributed by atoms with Crippen LogP contribution in [0.5, 0.6) is 0 Å². The minimum absolute atomic E-state index is 0.314. The number of aromatic carboxylic acids is 1. The minimum Gasteiger partial charge on any atom is -0.476 e. The van der Waals surface area contributed by atoms with E-state index in [0.29, 0.717) is 12.3 Å². The highest BCUT2D eigenvalue weighted by molar-refractivity contribution is 5.86. The lowest BCUT2D eigenvalue weighted by atomic mass is 10.0. The smallest absolute Gasteiger partial charge is 0.357 e. The summed E-state index contributed by atoms with van der Waals surface area (Å²) in [6.07, 6.45) is 0.491. The van der Waals surface area contributed by atoms with E-state index in [1.807, 2.05) is 0 Å². The third-order valence-electron chi connectivity index (χ3n) is 2.54. The largest absolute Gasteiger partial charge is 0.476 e. The topological polar surface area (TPSA) is 50.2 Å². The summed E-state index contributed by atoms with van der Waals surface area (Å²) >= 11 is 0. The SMILES string of the molecule is O=C(O)c1ncc(-c2c(F)c(F)c(F)c(F)c2F)cc1F. The van der Waals surface area contributed by atoms with Crippen molar-refractivity contribution >= 4 is 5.97 Å². The Morgan fingerprint density at radius 3 is 1.81 bits per heavy atom. The molecule has 0 aliphatic carbocycles. The van der Waals surface area contributed by atoms with E-state index in [-0.39, 0.29) is 0 Å². The zero-order valence-electron chi connectivity index (χ0n) is 9.73. The average Bonchev–Trinajstić information content (AvgIpc) is 2.43. The lowest BCUT2D eigenvalue weighted by Crippen LogP contribution is -2.07. The Morgan fingerprint density at radius 2 is 1.38 bits per heavy atom. The molecule has 1 aromatic carbocycles. The molecule has 0 fully saturated rings. The van der Waals surface area contributed by atoms with Crippen molar-refractivity contribution in [2.24, 2.45) is 0 Å². The van der Waals surface area contributed by atoms with Gasteiger partial charge in [-0.25, -0.2) is 36.1 Å². The number of pyridine rings is 1. The maximum atomic E-state index is 13.5. The first-order chi connectivity index (χ1) is 9.75. The van der Waals surface area contributed by atoms with Crippen molar-refractivity contribution in [1.82, 2.24) is 4.98 Å². The maximum Gasteiger partial charge on any atom is 0.357 e. The number of hydrogen-bond acceptors (Lipinski definition) is 2. The Labute approximate surface area is 112 Å². The molecule has 0 unspecified atom stereocenters. The zero-order valence-corrected chi connectivity index (χ0v) is 9.73. The van der Waals surface area contributed by atoms with Gasteiger partial charge >= 0.3 is 5.97 Å². The van der Waals surface area contributed by atoms with Crippen LogP contribution in [0.25, 0.3) is 11.1 Å². The summed E-state index contributed by atoms with van der Waals surface area (Å²) in [7, 11) is 0. The van der Waals surface area contributed by atoms with Crippen molar-refractivity contribution in [3.8, 4) is 11.1 Å². The summed E-state index contributed by atoms with van der Waals surface area (Å²) in [5.74, 6) is -14.3. The van der Waals surface area contributed by atoms with Crippen LogP contribution in [0.3, 0.4) is 0 Å². The fraction of sp³-hybridized carbons (Fsp3) is 0. The number of benzene rings is 1. The highest BCUT2D eigenvalue weighted by atomic mass is 19.2. The standard InChI is InChI=1S/C12H3F6NO2/c13-4-1-3(2-19-11(4)12(20)21)5-6(14)8(16)10(18)9(17)7(5)15/h1-2H,(H,20,21). The quantitative estimate of drug-likeness (QED) is 0.526. The van der Waals surface area contributed by atoms with Gasteiger partial charge in [-0.15, -0.1) is 0 Å². The van der Waals surface area contributed by atoms with Gasteiger partial charge < -0.3 is 5.11 Å². The van der Waals surface area contributed by atoms with Crippen LogP contribution in [0, 0.1) is 34.9 Å². The van der Waals surface area contributed by atoms with E-state index in [4.69, 9.17) is 5.11 Å². The molecule has 0 aliphatic heterocycles. The van der Waals surface area contributed by atoms with Crippen molar-refractivity contribution in [2.75, 3.05) is 0 Å². The van der Waals surface area contributed by atoms with E-state index in [9.17, 15) is 31.1 Å². The van der Waals surface area contributed by atoms with E-state index in [1.54, 1.807) is 0 Å². The van der Waals surface area contributed by atoms with Gasteiger partial charge in [0.2, 0.25) is 5.82 Å². The van der Waals surface area contributed by atoms with E-state index in [2.05, 4.69) is 4.98 Å². The minimum atomic E-state index is -2.36. The lowest BCUT2D eigenvalue weighted by molar-refractivity contribution is 0.0685. The van der Waals surface area contributed by atoms with E-state index in [0.717, 1.165) is 0 Å². The summed E-state index contributed by atoms with van der Waals surface area (Å²) < 4.78 is 79.3. The molecule has 0 spiro atoms. The summed E-state index contributed by atoms with van der Waals surface area (Å²) in [6, 6.07) is 0.314. The van der Waals surface area contributed by atoms with Crippen molar-refractivity contribution in [1.29, 1.82) is 0 Å². The zero-order chi connectivity index (χ0) is 15.9. The van der Waals surface area contributed by atoms with Crippen LogP contribution >= 0.6 is 0 Å². The summed E-state index contributed by atoms with van der Waals surface area (Å²) in [5, 5.41) is 8.54. The van der Waals surface area contributed by atoms with Crippen LogP contribution < -0.4 is 0 Å². The van der Waals surface area contributed by atoms with Crippen molar-refractivity contribution in [2.45, 2.75) is 0 Å². The Morgan fingerprint density at radius 1 is 0.905 bits per heavy atom. The molecular weight excluding hydrogens is 304 g/mol. The van der Waals surface area contributed by atoms with E-state index >= 15 is 0 Å². The van der Waals surface area contributed by atoms with Gasteiger partial charge in [-0.1, -0.05) is 0 Å². The van der Waals surface area contributed by atoms with Gasteiger partial charge in [0.05, 0.1) is 5.56 Å². The van der Waals surface area contributed by atoms with Gasteiger partial charge in [-0.2, -0.15) is 0 Å². The number of nitrogens with zero attached hydrogens (tertiary/aromatic N) is 1. The maximum absolute atomic E-state index is 13.5. The van der Waals surface area contributed by atoms with Gasteiger partial charge in [0.25, 0.3) is 0 Å². The van der Waals surface area contributed by atoms with Gasteiger partial charge in [0.1, 0.15) is 0 Å². The highest BCUT2D eigenvalue weighted by Gasteiger charge is 2.27. The molecule has 9 heteroatoms. The van der Waals surface area contributed by atoms with E-state index < -0.39 is 57.7 Å². The van der Waals surface area contributed by atoms with Gasteiger partial charge in [0.15, 0.2) is 34.8 Å². The molecule has 0 saturated heterocycles. The van der Waals surface area contributed by atoms with Crippen molar-refractivity contribution in [3.05, 3.63) is 52.9 Å². The molecular formula is C12H3F6NO2. The van der Waals surface area contributed by atoms with Crippen molar-refractivity contribution in [3.63, 3.8) is 0 Å². The third-order valence-corrected chi connectivity index (χ3v) is 2.54. The molecule has 3 nitrogen and oxygen atoms in total. The highest BCUT2D eigenvalue weighted by Crippen LogP contribution is 2.31. The number of rotatable bonds is 2. The predicted octanol–water partition coefficient (Wildman–Crippen LogP) is 3.28. The molecule has 2 aromatic rings. The Balaban J connectivity index is 2.74. The van der Waals surface area contributed by atoms with Gasteiger partial charge in [-0.05, 0) is 6.07 Å². The second-order valence-electron chi connectivity index (χ2n) is 3.80. The third kappa shape index (κ3) is 2.30. The van der Waals surface area contributed by atoms with Gasteiger partial charge in [0, 0.05) is 11.8 Å².